The van der Waals surface area contributed by atoms with Gasteiger partial charge in [-0.1, -0.05) is 24.3 Å². The fraction of sp³-hybridized carbons (Fsp3) is 0.176. The van der Waals surface area contributed by atoms with E-state index < -0.39 is 0 Å². The van der Waals surface area contributed by atoms with Gasteiger partial charge in [-0.15, -0.1) is 10.2 Å². The molecule has 0 aliphatic heterocycles. The molecular weight excluding hydrogens is 294 g/mol. The van der Waals surface area contributed by atoms with E-state index in [1.807, 2.05) is 54.6 Å². The quantitative estimate of drug-likeness (QED) is 0.722. The number of methoxy groups -OCH3 is 1. The van der Waals surface area contributed by atoms with Gasteiger partial charge in [0.25, 0.3) is 5.89 Å². The van der Waals surface area contributed by atoms with Gasteiger partial charge in [-0.3, -0.25) is 0 Å². The largest absolute Gasteiger partial charge is 0.497 e. The zero-order valence-corrected chi connectivity index (χ0v) is 12.7. The first kappa shape index (κ1) is 14.9. The number of para-hydroxylation sites is 1. The molecule has 0 aliphatic carbocycles. The Morgan fingerprint density at radius 2 is 1.74 bits per heavy atom. The number of anilines is 1. The predicted molar refractivity (Wildman–Crippen MR) is 85.4 cm³/mol. The van der Waals surface area contributed by atoms with E-state index in [0.717, 1.165) is 17.2 Å². The van der Waals surface area contributed by atoms with Crippen molar-refractivity contribution in [1.82, 2.24) is 10.2 Å². The monoisotopic (exact) mass is 311 g/mol. The van der Waals surface area contributed by atoms with Gasteiger partial charge in [-0.05, 0) is 24.3 Å². The molecule has 0 bridgehead atoms. The van der Waals surface area contributed by atoms with Crippen molar-refractivity contribution in [1.29, 1.82) is 0 Å². The van der Waals surface area contributed by atoms with E-state index in [9.17, 15) is 0 Å². The Bertz CT molecular complexity index is 744. The third kappa shape index (κ3) is 4.23. The van der Waals surface area contributed by atoms with Crippen LogP contribution in [0.3, 0.4) is 0 Å². The first-order chi connectivity index (χ1) is 11.3. The summed E-state index contributed by atoms with van der Waals surface area (Å²) in [5.41, 5.74) is 0.921. The van der Waals surface area contributed by atoms with Gasteiger partial charge in [0.15, 0.2) is 6.61 Å². The molecule has 6 heteroatoms. The molecule has 0 saturated heterocycles. The second kappa shape index (κ2) is 7.31. The Morgan fingerprint density at radius 1 is 0.957 bits per heavy atom. The van der Waals surface area contributed by atoms with Crippen LogP contribution in [0.15, 0.2) is 59.0 Å². The van der Waals surface area contributed by atoms with Gasteiger partial charge in [0, 0.05) is 11.8 Å². The molecule has 0 spiro atoms. The van der Waals surface area contributed by atoms with Crippen molar-refractivity contribution in [2.45, 2.75) is 13.2 Å². The molecule has 0 saturated carbocycles. The zero-order chi connectivity index (χ0) is 15.9. The van der Waals surface area contributed by atoms with Crippen molar-refractivity contribution in [2.24, 2.45) is 0 Å². The minimum absolute atomic E-state index is 0.246. The summed E-state index contributed by atoms with van der Waals surface area (Å²) < 4.78 is 16.3. The van der Waals surface area contributed by atoms with E-state index in [-0.39, 0.29) is 6.61 Å². The van der Waals surface area contributed by atoms with Crippen LogP contribution in [0.4, 0.5) is 5.69 Å². The van der Waals surface area contributed by atoms with Crippen LogP contribution >= 0.6 is 0 Å². The highest BCUT2D eigenvalue weighted by atomic mass is 16.5. The Morgan fingerprint density at radius 3 is 2.57 bits per heavy atom. The molecule has 3 aromatic rings. The number of hydrogen-bond donors (Lipinski definition) is 1. The molecule has 23 heavy (non-hydrogen) atoms. The summed E-state index contributed by atoms with van der Waals surface area (Å²) in [6, 6.07) is 17.1. The second-order valence-corrected chi connectivity index (χ2v) is 4.78. The Balaban J connectivity index is 1.52. The highest BCUT2D eigenvalue weighted by Gasteiger charge is 2.07. The van der Waals surface area contributed by atoms with E-state index in [4.69, 9.17) is 13.9 Å². The summed E-state index contributed by atoms with van der Waals surface area (Å²) in [5, 5.41) is 11.2. The average molecular weight is 311 g/mol. The third-order valence-electron chi connectivity index (χ3n) is 3.13. The van der Waals surface area contributed by atoms with Crippen molar-refractivity contribution in [3.63, 3.8) is 0 Å². The van der Waals surface area contributed by atoms with Crippen molar-refractivity contribution in [2.75, 3.05) is 12.4 Å². The molecule has 0 radical (unpaired) electrons. The summed E-state index contributed by atoms with van der Waals surface area (Å²) in [5.74, 6) is 2.50. The maximum atomic E-state index is 5.57. The van der Waals surface area contributed by atoms with E-state index in [0.29, 0.717) is 18.3 Å². The Kier molecular flexibility index (Phi) is 4.73. The fourth-order valence-electron chi connectivity index (χ4n) is 1.99. The minimum atomic E-state index is 0.246. The smallest absolute Gasteiger partial charge is 0.253 e. The Hall–Kier alpha value is -3.02. The maximum absolute atomic E-state index is 5.57. The van der Waals surface area contributed by atoms with E-state index in [2.05, 4.69) is 15.5 Å². The number of rotatable bonds is 7. The van der Waals surface area contributed by atoms with E-state index >= 15 is 0 Å². The van der Waals surface area contributed by atoms with Gasteiger partial charge < -0.3 is 19.2 Å². The van der Waals surface area contributed by atoms with Gasteiger partial charge in [0.05, 0.1) is 13.7 Å². The topological polar surface area (TPSA) is 69.4 Å². The van der Waals surface area contributed by atoms with Crippen molar-refractivity contribution in [3.05, 3.63) is 66.4 Å². The van der Waals surface area contributed by atoms with Gasteiger partial charge >= 0.3 is 0 Å². The third-order valence-corrected chi connectivity index (χ3v) is 3.13. The maximum Gasteiger partial charge on any atom is 0.253 e. The summed E-state index contributed by atoms with van der Waals surface area (Å²) in [6.07, 6.45) is 0. The minimum Gasteiger partial charge on any atom is -0.497 e. The number of ether oxygens (including phenoxy) is 2. The molecule has 0 unspecified atom stereocenters. The lowest BCUT2D eigenvalue weighted by molar-refractivity contribution is 0.259. The van der Waals surface area contributed by atoms with Crippen LogP contribution in [0, 0.1) is 0 Å². The van der Waals surface area contributed by atoms with Crippen LogP contribution in [0.5, 0.6) is 11.5 Å². The standard InChI is InChI=1S/C17H17N3O3/c1-21-15-9-5-6-13(10-15)18-11-16-19-20-17(23-16)12-22-14-7-3-2-4-8-14/h2-10,18H,11-12H2,1H3. The fourth-order valence-corrected chi connectivity index (χ4v) is 1.99. The predicted octanol–water partition coefficient (Wildman–Crippen LogP) is 3.27. The van der Waals surface area contributed by atoms with Crippen molar-refractivity contribution < 1.29 is 13.9 Å². The van der Waals surface area contributed by atoms with Crippen LogP contribution in [-0.4, -0.2) is 17.3 Å². The molecule has 118 valence electrons. The lowest BCUT2D eigenvalue weighted by Gasteiger charge is -2.05. The summed E-state index contributed by atoms with van der Waals surface area (Å²) in [6.45, 7) is 0.682. The Labute approximate surface area is 134 Å². The van der Waals surface area contributed by atoms with Crippen molar-refractivity contribution >= 4 is 5.69 Å². The van der Waals surface area contributed by atoms with Crippen LogP contribution in [0.25, 0.3) is 0 Å². The van der Waals surface area contributed by atoms with E-state index in [1.54, 1.807) is 7.11 Å². The van der Waals surface area contributed by atoms with Crippen LogP contribution in [0.2, 0.25) is 0 Å². The first-order valence-corrected chi connectivity index (χ1v) is 7.20. The first-order valence-electron chi connectivity index (χ1n) is 7.20. The molecule has 0 atom stereocenters. The molecule has 1 N–H and O–H groups in total. The molecule has 0 amide bonds. The number of nitrogens with one attached hydrogen (secondary N) is 1. The summed E-state index contributed by atoms with van der Waals surface area (Å²) >= 11 is 0. The van der Waals surface area contributed by atoms with Gasteiger partial charge in [0.2, 0.25) is 5.89 Å². The molecule has 1 aromatic heterocycles. The zero-order valence-electron chi connectivity index (χ0n) is 12.7. The molecular formula is C17H17N3O3. The molecule has 3 rings (SSSR count). The number of benzene rings is 2. The normalized spacial score (nSPS) is 10.3. The highest BCUT2D eigenvalue weighted by Crippen LogP contribution is 2.17. The lowest BCUT2D eigenvalue weighted by Crippen LogP contribution is -1.99. The molecule has 2 aromatic carbocycles. The van der Waals surface area contributed by atoms with Crippen LogP contribution in [-0.2, 0) is 13.2 Å². The second-order valence-electron chi connectivity index (χ2n) is 4.78. The number of aromatic nitrogens is 2. The average Bonchev–Trinajstić information content (AvgIpc) is 3.07. The highest BCUT2D eigenvalue weighted by molar-refractivity contribution is 5.48. The van der Waals surface area contributed by atoms with Gasteiger partial charge in [-0.25, -0.2) is 0 Å². The molecule has 6 nitrogen and oxygen atoms in total. The summed E-state index contributed by atoms with van der Waals surface area (Å²) in [7, 11) is 1.64. The SMILES string of the molecule is COc1cccc(NCc2nnc(COc3ccccc3)o2)c1. The molecule has 0 fully saturated rings. The van der Waals surface area contributed by atoms with E-state index in [1.165, 1.54) is 0 Å². The van der Waals surface area contributed by atoms with Gasteiger partial charge in [-0.2, -0.15) is 0 Å². The van der Waals surface area contributed by atoms with Crippen molar-refractivity contribution in [3.8, 4) is 11.5 Å². The number of hydrogen-bond acceptors (Lipinski definition) is 6. The molecule has 0 aliphatic rings. The van der Waals surface area contributed by atoms with Crippen LogP contribution in [0.1, 0.15) is 11.8 Å². The number of nitrogens with zero attached hydrogens (tertiary/aromatic N) is 2. The summed E-state index contributed by atoms with van der Waals surface area (Å²) in [4.78, 5) is 0. The molecule has 1 heterocycles. The lowest BCUT2D eigenvalue weighted by atomic mass is 10.3. The van der Waals surface area contributed by atoms with Crippen LogP contribution < -0.4 is 14.8 Å². The van der Waals surface area contributed by atoms with Gasteiger partial charge in [0.1, 0.15) is 11.5 Å².